The lowest BCUT2D eigenvalue weighted by molar-refractivity contribution is 0.669. The lowest BCUT2D eigenvalue weighted by Gasteiger charge is -2.26. The van der Waals surface area contributed by atoms with E-state index in [1.54, 1.807) is 0 Å². The van der Waals surface area contributed by atoms with Crippen molar-refractivity contribution in [1.82, 2.24) is 4.98 Å². The van der Waals surface area contributed by atoms with E-state index in [9.17, 15) is 0 Å². The molecule has 52 heavy (non-hydrogen) atoms. The summed E-state index contributed by atoms with van der Waals surface area (Å²) in [7, 11) is 0. The molecule has 8 aromatic carbocycles. The van der Waals surface area contributed by atoms with Crippen LogP contribution in [0.2, 0.25) is 0 Å². The number of para-hydroxylation sites is 1. The number of aromatic nitrogens is 1. The van der Waals surface area contributed by atoms with Crippen LogP contribution in [0.1, 0.15) is 0 Å². The third-order valence-electron chi connectivity index (χ3n) is 10.0. The van der Waals surface area contributed by atoms with Gasteiger partial charge in [0.05, 0.1) is 5.52 Å². The molecule has 0 amide bonds. The molecule has 0 saturated carbocycles. The third kappa shape index (κ3) is 5.19. The largest absolute Gasteiger partial charge is 0.454 e. The molecule has 0 unspecified atom stereocenters. The number of benzene rings is 8. The van der Waals surface area contributed by atoms with Gasteiger partial charge in [-0.05, 0) is 98.8 Å². The summed E-state index contributed by atoms with van der Waals surface area (Å²) < 4.78 is 6.34. The van der Waals surface area contributed by atoms with Crippen LogP contribution < -0.4 is 4.90 Å². The van der Waals surface area contributed by atoms with Crippen LogP contribution in [-0.4, -0.2) is 4.98 Å². The normalized spacial score (nSPS) is 11.5. The van der Waals surface area contributed by atoms with Crippen LogP contribution in [0.15, 0.2) is 199 Å². The number of furan rings is 1. The van der Waals surface area contributed by atoms with E-state index in [1.165, 1.54) is 44.2 Å². The van der Waals surface area contributed by atoms with Crippen molar-refractivity contribution in [3.63, 3.8) is 0 Å². The summed E-state index contributed by atoms with van der Waals surface area (Å²) in [6.07, 6.45) is 0. The number of rotatable bonds is 6. The third-order valence-corrected chi connectivity index (χ3v) is 10.0. The average Bonchev–Trinajstić information content (AvgIpc) is 3.57. The topological polar surface area (TPSA) is 29.3 Å². The monoisotopic (exact) mass is 664 g/mol. The second-order valence-corrected chi connectivity index (χ2v) is 13.2. The van der Waals surface area contributed by atoms with E-state index in [4.69, 9.17) is 9.40 Å². The molecule has 2 heterocycles. The van der Waals surface area contributed by atoms with Gasteiger partial charge < -0.3 is 9.32 Å². The van der Waals surface area contributed by atoms with Crippen molar-refractivity contribution in [2.24, 2.45) is 0 Å². The molecular formula is C49H32N2O. The van der Waals surface area contributed by atoms with Crippen LogP contribution in [0.5, 0.6) is 0 Å². The molecule has 10 rings (SSSR count). The lowest BCUT2D eigenvalue weighted by Crippen LogP contribution is -2.09. The van der Waals surface area contributed by atoms with Crippen LogP contribution >= 0.6 is 0 Å². The summed E-state index contributed by atoms with van der Waals surface area (Å²) in [5, 5.41) is 4.52. The highest BCUT2D eigenvalue weighted by Crippen LogP contribution is 2.42. The van der Waals surface area contributed by atoms with Gasteiger partial charge in [-0.2, -0.15) is 0 Å². The predicted octanol–water partition coefficient (Wildman–Crippen LogP) is 13.8. The molecule has 0 N–H and O–H groups in total. The molecule has 0 bridgehead atoms. The van der Waals surface area contributed by atoms with E-state index in [0.717, 1.165) is 50.0 Å². The maximum atomic E-state index is 6.34. The fourth-order valence-electron chi connectivity index (χ4n) is 7.52. The number of fused-ring (bicyclic) bond motifs is 5. The van der Waals surface area contributed by atoms with Crippen molar-refractivity contribution in [2.45, 2.75) is 0 Å². The Morgan fingerprint density at radius 2 is 0.981 bits per heavy atom. The molecule has 0 saturated heterocycles. The van der Waals surface area contributed by atoms with E-state index >= 15 is 0 Å². The Morgan fingerprint density at radius 1 is 0.385 bits per heavy atom. The average molecular weight is 665 g/mol. The van der Waals surface area contributed by atoms with Gasteiger partial charge in [0.25, 0.3) is 0 Å². The fourth-order valence-corrected chi connectivity index (χ4v) is 7.52. The highest BCUT2D eigenvalue weighted by Gasteiger charge is 2.18. The van der Waals surface area contributed by atoms with Gasteiger partial charge in [-0.15, -0.1) is 0 Å². The molecule has 0 aliphatic heterocycles. The number of hydrogen-bond donors (Lipinski definition) is 0. The second kappa shape index (κ2) is 12.4. The Bertz CT molecular complexity index is 2880. The quantitative estimate of drug-likeness (QED) is 0.177. The Labute approximate surface area is 301 Å². The smallest absolute Gasteiger partial charge is 0.154 e. The number of pyridine rings is 1. The highest BCUT2D eigenvalue weighted by molar-refractivity contribution is 6.08. The zero-order valence-corrected chi connectivity index (χ0v) is 28.3. The zero-order valence-electron chi connectivity index (χ0n) is 28.3. The van der Waals surface area contributed by atoms with E-state index in [-0.39, 0.29) is 0 Å². The van der Waals surface area contributed by atoms with Crippen molar-refractivity contribution in [3.05, 3.63) is 194 Å². The number of nitrogens with zero attached hydrogens (tertiary/aromatic N) is 2. The van der Waals surface area contributed by atoms with Gasteiger partial charge in [0, 0.05) is 27.8 Å². The summed E-state index contributed by atoms with van der Waals surface area (Å²) in [6.45, 7) is 0. The van der Waals surface area contributed by atoms with Crippen LogP contribution in [0.3, 0.4) is 0 Å². The first-order chi connectivity index (χ1) is 25.8. The Kier molecular flexibility index (Phi) is 7.14. The molecule has 244 valence electrons. The molecule has 0 atom stereocenters. The summed E-state index contributed by atoms with van der Waals surface area (Å²) in [6, 6.07) is 68.8. The molecule has 0 fully saturated rings. The summed E-state index contributed by atoms with van der Waals surface area (Å²) >= 11 is 0. The maximum absolute atomic E-state index is 6.34. The molecule has 0 aliphatic rings. The maximum Gasteiger partial charge on any atom is 0.154 e. The number of anilines is 3. The molecular weight excluding hydrogens is 633 g/mol. The summed E-state index contributed by atoms with van der Waals surface area (Å²) in [5.41, 5.74) is 13.8. The lowest BCUT2D eigenvalue weighted by atomic mass is 9.89. The van der Waals surface area contributed by atoms with Crippen molar-refractivity contribution in [2.75, 3.05) is 4.90 Å². The zero-order chi connectivity index (χ0) is 34.4. The van der Waals surface area contributed by atoms with Gasteiger partial charge >= 0.3 is 0 Å². The van der Waals surface area contributed by atoms with E-state index < -0.39 is 0 Å². The highest BCUT2D eigenvalue weighted by atomic mass is 16.3. The van der Waals surface area contributed by atoms with Gasteiger partial charge in [-0.1, -0.05) is 140 Å². The Morgan fingerprint density at radius 3 is 1.73 bits per heavy atom. The van der Waals surface area contributed by atoms with Crippen molar-refractivity contribution >= 4 is 60.8 Å². The van der Waals surface area contributed by atoms with Crippen LogP contribution in [-0.2, 0) is 0 Å². The fraction of sp³-hybridized carbons (Fsp3) is 0. The molecule has 2 aromatic heterocycles. The summed E-state index contributed by atoms with van der Waals surface area (Å²) in [5.74, 6) is 0. The number of hydrogen-bond acceptors (Lipinski definition) is 3. The first-order valence-electron chi connectivity index (χ1n) is 17.6. The molecule has 3 nitrogen and oxygen atoms in total. The van der Waals surface area contributed by atoms with E-state index in [2.05, 4.69) is 187 Å². The molecule has 0 aliphatic carbocycles. The minimum absolute atomic E-state index is 0.790. The van der Waals surface area contributed by atoms with Gasteiger partial charge in [0.15, 0.2) is 5.58 Å². The van der Waals surface area contributed by atoms with E-state index in [0.29, 0.717) is 0 Å². The van der Waals surface area contributed by atoms with Crippen LogP contribution in [0.4, 0.5) is 17.1 Å². The van der Waals surface area contributed by atoms with Crippen LogP contribution in [0.25, 0.3) is 77.1 Å². The SMILES string of the molecule is c1ccc(-c2ccc(N(c3ccc(-c4c(-c5ccccc5)ccc5ccccc45)cc3)c3ccc4oc5cc6ccccc6nc5c4c3)cc2)cc1. The first-order valence-corrected chi connectivity index (χ1v) is 17.6. The van der Waals surface area contributed by atoms with Crippen LogP contribution in [0, 0.1) is 0 Å². The van der Waals surface area contributed by atoms with Gasteiger partial charge in [-0.25, -0.2) is 4.98 Å². The second-order valence-electron chi connectivity index (χ2n) is 13.2. The van der Waals surface area contributed by atoms with E-state index in [1.807, 2.05) is 12.1 Å². The Hall–Kier alpha value is -6.97. The minimum Gasteiger partial charge on any atom is -0.454 e. The van der Waals surface area contributed by atoms with Crippen molar-refractivity contribution in [1.29, 1.82) is 0 Å². The molecule has 3 heteroatoms. The predicted molar refractivity (Wildman–Crippen MR) is 218 cm³/mol. The molecule has 0 spiro atoms. The first kappa shape index (κ1) is 29.9. The van der Waals surface area contributed by atoms with Gasteiger partial charge in [-0.3, -0.25) is 0 Å². The molecule has 0 radical (unpaired) electrons. The minimum atomic E-state index is 0.790. The summed E-state index contributed by atoms with van der Waals surface area (Å²) in [4.78, 5) is 7.37. The Balaban J connectivity index is 1.13. The van der Waals surface area contributed by atoms with Gasteiger partial charge in [0.2, 0.25) is 0 Å². The van der Waals surface area contributed by atoms with Crippen molar-refractivity contribution in [3.8, 4) is 33.4 Å². The van der Waals surface area contributed by atoms with Gasteiger partial charge in [0.1, 0.15) is 11.1 Å². The standard InChI is InChI=1S/C49H32N2O/c1-3-11-33(12-4-1)34-19-24-39(25-20-34)51(41-28-30-46-44(32-41)49-47(52-46)31-38-16-8-10-18-45(38)50-49)40-26-21-37(22-27-40)48-42-17-9-7-15-36(42)23-29-43(48)35-13-5-2-6-14-35/h1-32H. The molecule has 10 aromatic rings. The van der Waals surface area contributed by atoms with Crippen molar-refractivity contribution < 1.29 is 4.42 Å².